The van der Waals surface area contributed by atoms with Crippen LogP contribution in [-0.4, -0.2) is 22.4 Å². The summed E-state index contributed by atoms with van der Waals surface area (Å²) >= 11 is 0. The van der Waals surface area contributed by atoms with Gasteiger partial charge in [0.15, 0.2) is 0 Å². The first kappa shape index (κ1) is 13.2. The van der Waals surface area contributed by atoms with Crippen LogP contribution in [0.5, 0.6) is 5.75 Å². The molecule has 4 heteroatoms. The second-order valence-corrected chi connectivity index (χ2v) is 5.22. The van der Waals surface area contributed by atoms with Crippen molar-refractivity contribution in [2.75, 3.05) is 6.61 Å². The monoisotopic (exact) mass is 271 g/mol. The van der Waals surface area contributed by atoms with E-state index in [0.717, 1.165) is 37.9 Å². The van der Waals surface area contributed by atoms with Gasteiger partial charge < -0.3 is 10.1 Å². The van der Waals surface area contributed by atoms with Crippen LogP contribution in [0, 0.1) is 0 Å². The summed E-state index contributed by atoms with van der Waals surface area (Å²) in [6.07, 6.45) is 5.48. The summed E-state index contributed by atoms with van der Waals surface area (Å²) in [5.74, 6) is 0.934. The second kappa shape index (κ2) is 6.57. The fourth-order valence-electron chi connectivity index (χ4n) is 2.17. The molecule has 0 atom stereocenters. The molecule has 1 N–H and O–H groups in total. The number of ether oxygens (including phenoxy) is 1. The van der Waals surface area contributed by atoms with E-state index in [-0.39, 0.29) is 0 Å². The van der Waals surface area contributed by atoms with Crippen molar-refractivity contribution in [3.05, 3.63) is 48.3 Å². The van der Waals surface area contributed by atoms with Gasteiger partial charge in [-0.25, -0.2) is 0 Å². The Bertz CT molecular complexity index is 520. The Kier molecular flexibility index (Phi) is 4.33. The molecular formula is C16H21N3O. The third-order valence-corrected chi connectivity index (χ3v) is 3.48. The van der Waals surface area contributed by atoms with Gasteiger partial charge in [-0.2, -0.15) is 5.10 Å². The summed E-state index contributed by atoms with van der Waals surface area (Å²) in [7, 11) is 0. The summed E-state index contributed by atoms with van der Waals surface area (Å²) in [5.41, 5.74) is 1.26. The van der Waals surface area contributed by atoms with E-state index in [2.05, 4.69) is 21.2 Å². The molecule has 1 aliphatic carbocycles. The highest BCUT2D eigenvalue weighted by Gasteiger charge is 2.20. The average molecular weight is 271 g/mol. The van der Waals surface area contributed by atoms with Crippen molar-refractivity contribution in [3.63, 3.8) is 0 Å². The number of nitrogens with zero attached hydrogens (tertiary/aromatic N) is 2. The fourth-order valence-corrected chi connectivity index (χ4v) is 2.17. The highest BCUT2D eigenvalue weighted by Crippen LogP contribution is 2.19. The largest absolute Gasteiger partial charge is 0.494 e. The lowest BCUT2D eigenvalue weighted by molar-refractivity contribution is 0.297. The van der Waals surface area contributed by atoms with Crippen molar-refractivity contribution in [3.8, 4) is 5.75 Å². The number of para-hydroxylation sites is 1. The molecule has 1 aromatic heterocycles. The van der Waals surface area contributed by atoms with Gasteiger partial charge in [0.2, 0.25) is 0 Å². The van der Waals surface area contributed by atoms with Crippen LogP contribution in [0.25, 0.3) is 0 Å². The molecule has 0 amide bonds. The standard InChI is InChI=1S/C16H21N3O/c1-2-5-16(6-3-1)20-12-4-11-19-15(9-10-18-19)13-17-14-7-8-14/h1-3,5-6,9-10,14,17H,4,7-8,11-13H2. The maximum atomic E-state index is 5.70. The molecule has 2 aromatic rings. The van der Waals surface area contributed by atoms with Crippen molar-refractivity contribution in [2.45, 2.75) is 38.4 Å². The molecule has 4 nitrogen and oxygen atoms in total. The molecule has 106 valence electrons. The summed E-state index contributed by atoms with van der Waals surface area (Å²) in [6.45, 7) is 2.55. The van der Waals surface area contributed by atoms with Gasteiger partial charge in [0.25, 0.3) is 0 Å². The summed E-state index contributed by atoms with van der Waals surface area (Å²) in [5, 5.41) is 7.90. The summed E-state index contributed by atoms with van der Waals surface area (Å²) < 4.78 is 7.77. The first-order valence-corrected chi connectivity index (χ1v) is 7.34. The van der Waals surface area contributed by atoms with Crippen molar-refractivity contribution < 1.29 is 4.74 Å². The van der Waals surface area contributed by atoms with Gasteiger partial charge in [-0.1, -0.05) is 18.2 Å². The van der Waals surface area contributed by atoms with Crippen molar-refractivity contribution >= 4 is 0 Å². The number of benzene rings is 1. The van der Waals surface area contributed by atoms with E-state index in [4.69, 9.17) is 4.74 Å². The van der Waals surface area contributed by atoms with Gasteiger partial charge in [0, 0.05) is 31.7 Å². The van der Waals surface area contributed by atoms with Crippen molar-refractivity contribution in [1.82, 2.24) is 15.1 Å². The van der Waals surface area contributed by atoms with Crippen LogP contribution in [0.2, 0.25) is 0 Å². The Balaban J connectivity index is 1.40. The van der Waals surface area contributed by atoms with Crippen molar-refractivity contribution in [1.29, 1.82) is 0 Å². The van der Waals surface area contributed by atoms with E-state index in [0.29, 0.717) is 0 Å². The quantitative estimate of drug-likeness (QED) is 0.750. The zero-order chi connectivity index (χ0) is 13.6. The number of aryl methyl sites for hydroxylation is 1. The lowest BCUT2D eigenvalue weighted by Crippen LogP contribution is -2.19. The zero-order valence-electron chi connectivity index (χ0n) is 11.7. The van der Waals surface area contributed by atoms with Gasteiger partial charge in [0.1, 0.15) is 5.75 Å². The Morgan fingerprint density at radius 2 is 2.05 bits per heavy atom. The Morgan fingerprint density at radius 3 is 2.85 bits per heavy atom. The molecule has 1 aliphatic rings. The lowest BCUT2D eigenvalue weighted by atomic mass is 10.3. The number of rotatable bonds is 8. The second-order valence-electron chi connectivity index (χ2n) is 5.22. The van der Waals surface area contributed by atoms with Crippen LogP contribution in [-0.2, 0) is 13.1 Å². The predicted molar refractivity (Wildman–Crippen MR) is 78.6 cm³/mol. The van der Waals surface area contributed by atoms with Crippen LogP contribution < -0.4 is 10.1 Å². The van der Waals surface area contributed by atoms with Gasteiger partial charge in [-0.3, -0.25) is 4.68 Å². The molecule has 0 radical (unpaired) electrons. The molecule has 0 spiro atoms. The summed E-state index contributed by atoms with van der Waals surface area (Å²) in [6, 6.07) is 12.8. The van der Waals surface area contributed by atoms with Crippen LogP contribution >= 0.6 is 0 Å². The Labute approximate surface area is 119 Å². The molecule has 1 aromatic carbocycles. The third kappa shape index (κ3) is 3.84. The molecule has 0 saturated heterocycles. The van der Waals surface area contributed by atoms with Crippen LogP contribution in [0.3, 0.4) is 0 Å². The van der Waals surface area contributed by atoms with E-state index in [9.17, 15) is 0 Å². The van der Waals surface area contributed by atoms with E-state index in [1.807, 2.05) is 36.5 Å². The van der Waals surface area contributed by atoms with E-state index < -0.39 is 0 Å². The van der Waals surface area contributed by atoms with E-state index >= 15 is 0 Å². The van der Waals surface area contributed by atoms with Crippen LogP contribution in [0.15, 0.2) is 42.6 Å². The average Bonchev–Trinajstić information content (AvgIpc) is 3.21. The topological polar surface area (TPSA) is 39.1 Å². The molecule has 1 fully saturated rings. The number of hydrogen-bond donors (Lipinski definition) is 1. The number of aromatic nitrogens is 2. The normalized spacial score (nSPS) is 14.4. The first-order chi connectivity index (χ1) is 9.92. The lowest BCUT2D eigenvalue weighted by Gasteiger charge is -2.09. The van der Waals surface area contributed by atoms with Gasteiger partial charge >= 0.3 is 0 Å². The molecule has 1 heterocycles. The van der Waals surface area contributed by atoms with E-state index in [1.54, 1.807) is 0 Å². The minimum Gasteiger partial charge on any atom is -0.494 e. The Morgan fingerprint density at radius 1 is 1.20 bits per heavy atom. The third-order valence-electron chi connectivity index (χ3n) is 3.48. The molecular weight excluding hydrogens is 250 g/mol. The molecule has 0 bridgehead atoms. The fraction of sp³-hybridized carbons (Fsp3) is 0.438. The maximum Gasteiger partial charge on any atom is 0.119 e. The highest BCUT2D eigenvalue weighted by atomic mass is 16.5. The van der Waals surface area contributed by atoms with Crippen molar-refractivity contribution in [2.24, 2.45) is 0 Å². The maximum absolute atomic E-state index is 5.70. The van der Waals surface area contributed by atoms with Gasteiger partial charge in [-0.05, 0) is 31.0 Å². The molecule has 20 heavy (non-hydrogen) atoms. The van der Waals surface area contributed by atoms with Crippen LogP contribution in [0.4, 0.5) is 0 Å². The molecule has 3 rings (SSSR count). The van der Waals surface area contributed by atoms with Gasteiger partial charge in [-0.15, -0.1) is 0 Å². The minimum absolute atomic E-state index is 0.722. The Hall–Kier alpha value is -1.81. The molecule has 0 aliphatic heterocycles. The molecule has 1 saturated carbocycles. The minimum atomic E-state index is 0.722. The van der Waals surface area contributed by atoms with E-state index in [1.165, 1.54) is 18.5 Å². The molecule has 0 unspecified atom stereocenters. The number of hydrogen-bond acceptors (Lipinski definition) is 3. The highest BCUT2D eigenvalue weighted by molar-refractivity contribution is 5.20. The van der Waals surface area contributed by atoms with Gasteiger partial charge in [0.05, 0.1) is 12.3 Å². The zero-order valence-corrected chi connectivity index (χ0v) is 11.7. The number of nitrogens with one attached hydrogen (secondary N) is 1. The van der Waals surface area contributed by atoms with Crippen LogP contribution in [0.1, 0.15) is 25.0 Å². The predicted octanol–water partition coefficient (Wildman–Crippen LogP) is 2.60. The smallest absolute Gasteiger partial charge is 0.119 e. The SMILES string of the molecule is c1ccc(OCCCn2nccc2CNC2CC2)cc1. The summed E-state index contributed by atoms with van der Waals surface area (Å²) in [4.78, 5) is 0. The first-order valence-electron chi connectivity index (χ1n) is 7.34.